The van der Waals surface area contributed by atoms with Crippen LogP contribution in [0.3, 0.4) is 0 Å². The minimum atomic E-state index is -4.37. The molecule has 0 radical (unpaired) electrons. The van der Waals surface area contributed by atoms with E-state index < -0.39 is 41.1 Å². The molecule has 0 bridgehead atoms. The van der Waals surface area contributed by atoms with Crippen LogP contribution in [0.2, 0.25) is 0 Å². The van der Waals surface area contributed by atoms with Gasteiger partial charge in [-0.25, -0.2) is 8.42 Å². The Morgan fingerprint density at radius 2 is 1.43 bits per heavy atom. The van der Waals surface area contributed by atoms with Crippen LogP contribution < -0.4 is 29.6 Å². The fraction of sp³-hybridized carbons (Fsp3) is 1.00. The van der Waals surface area contributed by atoms with Gasteiger partial charge in [0.1, 0.15) is 0 Å². The topological polar surface area (TPSA) is 118 Å². The van der Waals surface area contributed by atoms with Gasteiger partial charge >= 0.3 is 29.6 Å². The van der Waals surface area contributed by atoms with Gasteiger partial charge in [0.15, 0.2) is 0 Å². The molecule has 6 nitrogen and oxygen atoms in total. The van der Waals surface area contributed by atoms with Gasteiger partial charge in [0.25, 0.3) is 0 Å². The van der Waals surface area contributed by atoms with Crippen molar-refractivity contribution in [2.75, 3.05) is 25.6 Å². The molecule has 0 spiro atoms. The third kappa shape index (κ3) is 6.31. The number of aliphatic hydroxyl groups excluding tert-OH is 3. The van der Waals surface area contributed by atoms with E-state index in [1.54, 1.807) is 0 Å². The first-order valence-electron chi connectivity index (χ1n) is 3.65. The van der Waals surface area contributed by atoms with E-state index in [2.05, 4.69) is 0 Å². The summed E-state index contributed by atoms with van der Waals surface area (Å²) >= 11 is 0. The summed E-state index contributed by atoms with van der Waals surface area (Å²) in [4.78, 5) is 0. The fourth-order valence-corrected chi connectivity index (χ4v) is 1.41. The summed E-state index contributed by atoms with van der Waals surface area (Å²) in [6.45, 7) is -1.68. The molecule has 80 valence electrons. The molecule has 0 heterocycles. The Balaban J connectivity index is 0. The monoisotopic (exact) mass is 236 g/mol. The molecule has 0 fully saturated rings. The van der Waals surface area contributed by atoms with Gasteiger partial charge < -0.3 is 19.9 Å². The summed E-state index contributed by atoms with van der Waals surface area (Å²) in [6, 6.07) is 0. The molecule has 0 aromatic carbocycles. The van der Waals surface area contributed by atoms with Gasteiger partial charge in [-0.3, -0.25) is 0 Å². The summed E-state index contributed by atoms with van der Waals surface area (Å²) in [5.74, 6) is -0.700. The van der Waals surface area contributed by atoms with Crippen molar-refractivity contribution in [1.29, 1.82) is 0 Å². The van der Waals surface area contributed by atoms with Crippen LogP contribution in [0.5, 0.6) is 0 Å². The smallest absolute Gasteiger partial charge is 0.748 e. The maximum atomic E-state index is 10.2. The molecule has 0 amide bonds. The predicted molar refractivity (Wildman–Crippen MR) is 42.9 cm³/mol. The Bertz CT molecular complexity index is 226. The predicted octanol–water partition coefficient (Wildman–Crippen LogP) is -5.11. The molecular weight excluding hydrogens is 223 g/mol. The summed E-state index contributed by atoms with van der Waals surface area (Å²) in [6.07, 6.45) is -0.248. The van der Waals surface area contributed by atoms with Crippen molar-refractivity contribution in [1.82, 2.24) is 0 Å². The quantitative estimate of drug-likeness (QED) is 0.313. The summed E-state index contributed by atoms with van der Waals surface area (Å²) in [7, 11) is -4.37. The maximum Gasteiger partial charge on any atom is 1.00 e. The number of rotatable bonds is 6. The number of hydrogen-bond donors (Lipinski definition) is 3. The van der Waals surface area contributed by atoms with Gasteiger partial charge in [-0.2, -0.15) is 0 Å². The molecule has 0 saturated heterocycles. The van der Waals surface area contributed by atoms with Gasteiger partial charge in [0.2, 0.25) is 0 Å². The van der Waals surface area contributed by atoms with Crippen LogP contribution in [-0.4, -0.2) is 53.9 Å². The van der Waals surface area contributed by atoms with Crippen LogP contribution in [0.15, 0.2) is 0 Å². The summed E-state index contributed by atoms with van der Waals surface area (Å²) in [5.41, 5.74) is -1.28. The standard InChI is InChI=1S/C6H14O6S.Na/c7-3-6(4-8,5-9)1-2-13(10,11)12;/h7-9H,1-5H2,(H,10,11,12);/q;+1/p-1. The summed E-state index contributed by atoms with van der Waals surface area (Å²) in [5, 5.41) is 26.3. The van der Waals surface area contributed by atoms with E-state index in [1.165, 1.54) is 0 Å². The Morgan fingerprint density at radius 3 is 1.64 bits per heavy atom. The molecule has 0 atom stereocenters. The third-order valence-corrected chi connectivity index (χ3v) is 2.59. The first-order chi connectivity index (χ1) is 5.89. The van der Waals surface area contributed by atoms with Crippen molar-refractivity contribution in [3.63, 3.8) is 0 Å². The first kappa shape index (κ1) is 17.2. The van der Waals surface area contributed by atoms with Crippen LogP contribution in [0.25, 0.3) is 0 Å². The average molecular weight is 236 g/mol. The Morgan fingerprint density at radius 1 is 1.07 bits per heavy atom. The molecule has 14 heavy (non-hydrogen) atoms. The first-order valence-corrected chi connectivity index (χ1v) is 5.23. The second-order valence-electron chi connectivity index (χ2n) is 2.99. The van der Waals surface area contributed by atoms with Crippen LogP contribution in [0, 0.1) is 5.41 Å². The van der Waals surface area contributed by atoms with E-state index in [4.69, 9.17) is 15.3 Å². The number of hydrogen-bond acceptors (Lipinski definition) is 6. The zero-order valence-electron chi connectivity index (χ0n) is 8.01. The Kier molecular flexibility index (Phi) is 8.75. The maximum absolute atomic E-state index is 10.2. The zero-order valence-corrected chi connectivity index (χ0v) is 10.8. The largest absolute Gasteiger partial charge is 1.00 e. The molecule has 0 rings (SSSR count). The minimum Gasteiger partial charge on any atom is -0.748 e. The van der Waals surface area contributed by atoms with Crippen molar-refractivity contribution in [3.8, 4) is 0 Å². The molecular formula is C6H13NaO6S. The van der Waals surface area contributed by atoms with Crippen molar-refractivity contribution >= 4 is 10.1 Å². The van der Waals surface area contributed by atoms with Gasteiger partial charge in [-0.1, -0.05) is 0 Å². The molecule has 3 N–H and O–H groups in total. The Hall–Kier alpha value is 0.790. The molecule has 0 aliphatic rings. The van der Waals surface area contributed by atoms with Crippen molar-refractivity contribution < 1.29 is 57.8 Å². The summed E-state index contributed by atoms with van der Waals surface area (Å²) < 4.78 is 30.7. The SMILES string of the molecule is O=S(=O)([O-])CCC(CO)(CO)CO.[Na+]. The fourth-order valence-electron chi connectivity index (χ4n) is 0.729. The van der Waals surface area contributed by atoms with E-state index in [-0.39, 0.29) is 36.0 Å². The molecule has 0 aliphatic carbocycles. The second-order valence-corrected chi connectivity index (χ2v) is 4.51. The van der Waals surface area contributed by atoms with E-state index in [0.29, 0.717) is 0 Å². The van der Waals surface area contributed by atoms with E-state index >= 15 is 0 Å². The molecule has 8 heteroatoms. The van der Waals surface area contributed by atoms with Gasteiger partial charge in [0.05, 0.1) is 29.9 Å². The van der Waals surface area contributed by atoms with Crippen LogP contribution in [0.4, 0.5) is 0 Å². The van der Waals surface area contributed by atoms with Crippen LogP contribution >= 0.6 is 0 Å². The van der Waals surface area contributed by atoms with E-state index in [1.807, 2.05) is 0 Å². The van der Waals surface area contributed by atoms with Crippen LogP contribution in [0.1, 0.15) is 6.42 Å². The van der Waals surface area contributed by atoms with Gasteiger partial charge in [-0.15, -0.1) is 0 Å². The van der Waals surface area contributed by atoms with E-state index in [0.717, 1.165) is 0 Å². The van der Waals surface area contributed by atoms with Crippen molar-refractivity contribution in [3.05, 3.63) is 0 Å². The zero-order chi connectivity index (χ0) is 10.5. The normalized spacial score (nSPS) is 12.3. The van der Waals surface area contributed by atoms with Gasteiger partial charge in [0, 0.05) is 11.2 Å². The molecule has 0 unspecified atom stereocenters. The Labute approximate surface area is 105 Å². The molecule has 0 aromatic rings. The van der Waals surface area contributed by atoms with Crippen molar-refractivity contribution in [2.45, 2.75) is 6.42 Å². The second kappa shape index (κ2) is 7.13. The van der Waals surface area contributed by atoms with E-state index in [9.17, 15) is 13.0 Å². The molecule has 0 aliphatic heterocycles. The van der Waals surface area contributed by atoms with Crippen LogP contribution in [-0.2, 0) is 10.1 Å². The molecule has 0 saturated carbocycles. The molecule has 0 aromatic heterocycles. The van der Waals surface area contributed by atoms with Gasteiger partial charge in [-0.05, 0) is 6.42 Å². The minimum absolute atomic E-state index is 0. The average Bonchev–Trinajstić information content (AvgIpc) is 2.06. The third-order valence-electron chi connectivity index (χ3n) is 1.89. The number of aliphatic hydroxyl groups is 3. The van der Waals surface area contributed by atoms with Crippen molar-refractivity contribution in [2.24, 2.45) is 5.41 Å².